The van der Waals surface area contributed by atoms with Crippen molar-refractivity contribution >= 4 is 5.82 Å². The highest BCUT2D eigenvalue weighted by atomic mass is 19.1. The fourth-order valence-electron chi connectivity index (χ4n) is 1.45. The van der Waals surface area contributed by atoms with E-state index in [4.69, 9.17) is 0 Å². The molecule has 0 saturated carbocycles. The van der Waals surface area contributed by atoms with Crippen LogP contribution >= 0.6 is 0 Å². The maximum atomic E-state index is 13.0. The van der Waals surface area contributed by atoms with E-state index in [9.17, 15) is 4.39 Å². The monoisotopic (exact) mass is 217 g/mol. The summed E-state index contributed by atoms with van der Waals surface area (Å²) in [5, 5.41) is 3.15. The third-order valence-electron chi connectivity index (χ3n) is 2.28. The van der Waals surface area contributed by atoms with Crippen molar-refractivity contribution in [3.63, 3.8) is 0 Å². The number of nitrogens with one attached hydrogen (secondary N) is 1. The summed E-state index contributed by atoms with van der Waals surface area (Å²) in [4.78, 5) is 8.05. The van der Waals surface area contributed by atoms with Crippen LogP contribution in [0.15, 0.2) is 42.9 Å². The minimum atomic E-state index is -0.231. The number of halogens is 1. The second-order valence-corrected chi connectivity index (χ2v) is 3.51. The van der Waals surface area contributed by atoms with Crippen molar-refractivity contribution in [1.29, 1.82) is 0 Å². The van der Waals surface area contributed by atoms with Crippen molar-refractivity contribution in [2.75, 3.05) is 5.32 Å². The highest BCUT2D eigenvalue weighted by Gasteiger charge is 2.06. The normalized spacial score (nSPS) is 12.1. The highest BCUT2D eigenvalue weighted by molar-refractivity contribution is 5.35. The van der Waals surface area contributed by atoms with Gasteiger partial charge in [0.1, 0.15) is 11.6 Å². The van der Waals surface area contributed by atoms with Gasteiger partial charge >= 0.3 is 0 Å². The standard InChI is InChI=1S/C12H12FN3/c1-9(10-3-2-4-11(13)7-10)16-12-8-14-5-6-15-12/h2-9H,1H3,(H,15,16). The van der Waals surface area contributed by atoms with Gasteiger partial charge in [-0.25, -0.2) is 9.37 Å². The molecular formula is C12H12FN3. The fraction of sp³-hybridized carbons (Fsp3) is 0.167. The van der Waals surface area contributed by atoms with Gasteiger partial charge in [0, 0.05) is 12.4 Å². The molecule has 0 aliphatic heterocycles. The molecule has 16 heavy (non-hydrogen) atoms. The Labute approximate surface area is 93.4 Å². The number of hydrogen-bond donors (Lipinski definition) is 1. The molecule has 1 N–H and O–H groups in total. The van der Waals surface area contributed by atoms with Gasteiger partial charge in [0.05, 0.1) is 12.2 Å². The largest absolute Gasteiger partial charge is 0.362 e. The topological polar surface area (TPSA) is 37.8 Å². The zero-order chi connectivity index (χ0) is 11.4. The van der Waals surface area contributed by atoms with Crippen molar-refractivity contribution in [2.45, 2.75) is 13.0 Å². The van der Waals surface area contributed by atoms with Crippen LogP contribution in [0.4, 0.5) is 10.2 Å². The van der Waals surface area contributed by atoms with E-state index in [0.717, 1.165) is 5.56 Å². The molecular weight excluding hydrogens is 205 g/mol. The molecule has 1 unspecified atom stereocenters. The van der Waals surface area contributed by atoms with Crippen LogP contribution in [0.2, 0.25) is 0 Å². The molecule has 0 saturated heterocycles. The molecule has 0 bridgehead atoms. The van der Waals surface area contributed by atoms with E-state index in [1.807, 2.05) is 13.0 Å². The Hall–Kier alpha value is -1.97. The van der Waals surface area contributed by atoms with E-state index in [2.05, 4.69) is 15.3 Å². The summed E-state index contributed by atoms with van der Waals surface area (Å²) >= 11 is 0. The Balaban J connectivity index is 2.12. The first kappa shape index (κ1) is 10.5. The van der Waals surface area contributed by atoms with Crippen LogP contribution in [0.3, 0.4) is 0 Å². The molecule has 0 spiro atoms. The first-order valence-corrected chi connectivity index (χ1v) is 5.04. The first-order chi connectivity index (χ1) is 7.75. The van der Waals surface area contributed by atoms with Crippen LogP contribution in [-0.2, 0) is 0 Å². The van der Waals surface area contributed by atoms with Gasteiger partial charge in [0.15, 0.2) is 0 Å². The van der Waals surface area contributed by atoms with Crippen LogP contribution in [0, 0.1) is 5.82 Å². The third kappa shape index (κ3) is 2.53. The van der Waals surface area contributed by atoms with Gasteiger partial charge < -0.3 is 5.32 Å². The minimum absolute atomic E-state index is 0.00704. The van der Waals surface area contributed by atoms with Gasteiger partial charge in [-0.1, -0.05) is 12.1 Å². The summed E-state index contributed by atoms with van der Waals surface area (Å²) in [5.74, 6) is 0.449. The number of hydrogen-bond acceptors (Lipinski definition) is 3. The van der Waals surface area contributed by atoms with Gasteiger partial charge in [-0.15, -0.1) is 0 Å². The molecule has 1 aromatic heterocycles. The van der Waals surface area contributed by atoms with Gasteiger partial charge in [-0.3, -0.25) is 4.98 Å². The molecule has 82 valence electrons. The van der Waals surface area contributed by atoms with Crippen molar-refractivity contribution in [3.05, 3.63) is 54.2 Å². The van der Waals surface area contributed by atoms with Crippen LogP contribution < -0.4 is 5.32 Å². The first-order valence-electron chi connectivity index (χ1n) is 5.04. The smallest absolute Gasteiger partial charge is 0.144 e. The summed E-state index contributed by atoms with van der Waals surface area (Å²) in [7, 11) is 0. The molecule has 2 rings (SSSR count). The average molecular weight is 217 g/mol. The van der Waals surface area contributed by atoms with Crippen LogP contribution in [-0.4, -0.2) is 9.97 Å². The van der Waals surface area contributed by atoms with Crippen molar-refractivity contribution < 1.29 is 4.39 Å². The minimum Gasteiger partial charge on any atom is -0.362 e. The molecule has 0 amide bonds. The zero-order valence-corrected chi connectivity index (χ0v) is 8.89. The van der Waals surface area contributed by atoms with E-state index in [1.165, 1.54) is 12.1 Å². The lowest BCUT2D eigenvalue weighted by Crippen LogP contribution is -2.08. The zero-order valence-electron chi connectivity index (χ0n) is 8.89. The number of aromatic nitrogens is 2. The van der Waals surface area contributed by atoms with E-state index < -0.39 is 0 Å². The maximum absolute atomic E-state index is 13.0. The third-order valence-corrected chi connectivity index (χ3v) is 2.28. The molecule has 1 atom stereocenters. The fourth-order valence-corrected chi connectivity index (χ4v) is 1.45. The van der Waals surface area contributed by atoms with Gasteiger partial charge in [0.25, 0.3) is 0 Å². The predicted molar refractivity (Wildman–Crippen MR) is 60.5 cm³/mol. The molecule has 4 heteroatoms. The van der Waals surface area contributed by atoms with Crippen LogP contribution in [0.5, 0.6) is 0 Å². The summed E-state index contributed by atoms with van der Waals surface area (Å²) in [6.07, 6.45) is 4.86. The molecule has 0 radical (unpaired) electrons. The Morgan fingerprint density at radius 1 is 1.31 bits per heavy atom. The molecule has 2 aromatic rings. The van der Waals surface area contributed by atoms with E-state index in [0.29, 0.717) is 5.82 Å². The van der Waals surface area contributed by atoms with Crippen molar-refractivity contribution in [1.82, 2.24) is 9.97 Å². The Bertz CT molecular complexity index is 459. The summed E-state index contributed by atoms with van der Waals surface area (Å²) in [5.41, 5.74) is 0.880. The van der Waals surface area contributed by atoms with E-state index in [1.54, 1.807) is 24.7 Å². The van der Waals surface area contributed by atoms with Gasteiger partial charge in [-0.05, 0) is 24.6 Å². The van der Waals surface area contributed by atoms with Gasteiger partial charge in [0.2, 0.25) is 0 Å². The van der Waals surface area contributed by atoms with Gasteiger partial charge in [-0.2, -0.15) is 0 Å². The second kappa shape index (κ2) is 4.70. The lowest BCUT2D eigenvalue weighted by atomic mass is 10.1. The average Bonchev–Trinajstić information content (AvgIpc) is 2.30. The second-order valence-electron chi connectivity index (χ2n) is 3.51. The van der Waals surface area contributed by atoms with Crippen LogP contribution in [0.1, 0.15) is 18.5 Å². The number of anilines is 1. The SMILES string of the molecule is CC(Nc1cnccn1)c1cccc(F)c1. The van der Waals surface area contributed by atoms with Crippen molar-refractivity contribution in [3.8, 4) is 0 Å². The summed E-state index contributed by atoms with van der Waals surface area (Å²) in [6, 6.07) is 6.50. The lowest BCUT2D eigenvalue weighted by molar-refractivity contribution is 0.623. The Morgan fingerprint density at radius 3 is 2.88 bits per heavy atom. The summed E-state index contributed by atoms with van der Waals surface area (Å²) in [6.45, 7) is 1.95. The maximum Gasteiger partial charge on any atom is 0.144 e. The molecule has 1 aromatic carbocycles. The Kier molecular flexibility index (Phi) is 3.10. The highest BCUT2D eigenvalue weighted by Crippen LogP contribution is 2.17. The predicted octanol–water partition coefficient (Wildman–Crippen LogP) is 2.79. The molecule has 0 fully saturated rings. The Morgan fingerprint density at radius 2 is 2.19 bits per heavy atom. The van der Waals surface area contributed by atoms with E-state index in [-0.39, 0.29) is 11.9 Å². The van der Waals surface area contributed by atoms with E-state index >= 15 is 0 Å². The number of benzene rings is 1. The summed E-state index contributed by atoms with van der Waals surface area (Å²) < 4.78 is 13.0. The van der Waals surface area contributed by atoms with Crippen LogP contribution in [0.25, 0.3) is 0 Å². The number of rotatable bonds is 3. The quantitative estimate of drug-likeness (QED) is 0.859. The molecule has 3 nitrogen and oxygen atoms in total. The molecule has 1 heterocycles. The van der Waals surface area contributed by atoms with Crippen molar-refractivity contribution in [2.24, 2.45) is 0 Å². The molecule has 0 aliphatic rings. The molecule has 0 aliphatic carbocycles. The number of nitrogens with zero attached hydrogens (tertiary/aromatic N) is 2. The lowest BCUT2D eigenvalue weighted by Gasteiger charge is -2.14.